The molecule has 0 bridgehead atoms. The Bertz CT molecular complexity index is 1160. The second-order valence-electron chi connectivity index (χ2n) is 7.25. The van der Waals surface area contributed by atoms with E-state index in [1.54, 1.807) is 35.4 Å². The quantitative estimate of drug-likeness (QED) is 0.110. The minimum Gasteiger partial charge on any atom is -0.357 e. The molecule has 0 saturated carbocycles. The summed E-state index contributed by atoms with van der Waals surface area (Å²) in [4.78, 5) is 30.9. The summed E-state index contributed by atoms with van der Waals surface area (Å²) < 4.78 is 3.32. The van der Waals surface area contributed by atoms with Crippen molar-refractivity contribution in [1.82, 2.24) is 15.2 Å². The van der Waals surface area contributed by atoms with Gasteiger partial charge in [-0.05, 0) is 60.8 Å². The molecule has 1 heterocycles. The van der Waals surface area contributed by atoms with Gasteiger partial charge in [-0.3, -0.25) is 14.6 Å². The summed E-state index contributed by atoms with van der Waals surface area (Å²) in [6, 6.07) is 17.4. The summed E-state index contributed by atoms with van der Waals surface area (Å²) in [5.74, 6) is -0.0893. The number of aromatic nitrogens is 1. The van der Waals surface area contributed by atoms with Gasteiger partial charge in [0, 0.05) is 48.7 Å². The lowest BCUT2D eigenvalue weighted by Gasteiger charge is -2.22. The molecule has 2 amide bonds. The number of carbonyl (C=O) groups is 2. The molecular weight excluding hydrogens is 446 g/mol. The number of carbonyl (C=O) groups excluding carboxylic acids is 2. The van der Waals surface area contributed by atoms with Gasteiger partial charge in [0.1, 0.15) is 0 Å². The predicted molar refractivity (Wildman–Crippen MR) is 139 cm³/mol. The lowest BCUT2D eigenvalue weighted by Crippen LogP contribution is -2.37. The normalized spacial score (nSPS) is 11.1. The molecule has 0 spiro atoms. The van der Waals surface area contributed by atoms with Gasteiger partial charge in [0.25, 0.3) is 5.91 Å². The smallest absolute Gasteiger partial charge is 0.253 e. The van der Waals surface area contributed by atoms with Crippen molar-refractivity contribution in [2.24, 2.45) is 0 Å². The number of hydrogen-bond acceptors (Lipinski definition) is 6. The van der Waals surface area contributed by atoms with Crippen LogP contribution in [-0.4, -0.2) is 48.1 Å². The molecule has 0 aliphatic rings. The molecule has 0 aliphatic carbocycles. The van der Waals surface area contributed by atoms with Crippen LogP contribution in [0.3, 0.4) is 0 Å². The van der Waals surface area contributed by atoms with Gasteiger partial charge in [-0.2, -0.15) is 0 Å². The zero-order chi connectivity index (χ0) is 24.0. The molecule has 2 aromatic carbocycles. The Morgan fingerprint density at radius 3 is 2.65 bits per heavy atom. The maximum atomic E-state index is 13.1. The van der Waals surface area contributed by atoms with E-state index >= 15 is 0 Å². The Kier molecular flexibility index (Phi) is 9.89. The van der Waals surface area contributed by atoms with Crippen molar-refractivity contribution in [2.45, 2.75) is 11.3 Å². The van der Waals surface area contributed by atoms with E-state index in [4.69, 9.17) is 5.41 Å². The molecule has 174 valence electrons. The Balaban J connectivity index is 1.62. The summed E-state index contributed by atoms with van der Waals surface area (Å²) in [7, 11) is 0. The number of anilines is 1. The number of benzene rings is 2. The Hall–Kier alpha value is -3.91. The van der Waals surface area contributed by atoms with Crippen molar-refractivity contribution in [3.05, 3.63) is 90.7 Å². The standard InChI is InChI=1S/C26H27N5O2S/c27-15-4-2-1-3-5-18-31(19-17-28-20-32)26(33)22-11-13-23(14-12-22)30-34-24-10-6-8-21-9-7-16-29-25(21)24/h1-4,6-16,20,27,30H,5,17-19H2,(H,28,32)/b3-1+,4-2-,27-15?. The Morgan fingerprint density at radius 1 is 1.03 bits per heavy atom. The highest BCUT2D eigenvalue weighted by molar-refractivity contribution is 8.00. The van der Waals surface area contributed by atoms with E-state index in [0.717, 1.165) is 21.5 Å². The second kappa shape index (κ2) is 13.6. The van der Waals surface area contributed by atoms with E-state index in [0.29, 0.717) is 38.0 Å². The summed E-state index contributed by atoms with van der Waals surface area (Å²) in [6.07, 6.45) is 11.5. The van der Waals surface area contributed by atoms with Crippen molar-refractivity contribution < 1.29 is 9.59 Å². The Morgan fingerprint density at radius 2 is 1.85 bits per heavy atom. The van der Waals surface area contributed by atoms with Crippen LogP contribution >= 0.6 is 11.9 Å². The van der Waals surface area contributed by atoms with Crippen LogP contribution in [-0.2, 0) is 4.79 Å². The number of amides is 2. The number of nitrogens with zero attached hydrogens (tertiary/aromatic N) is 2. The minimum absolute atomic E-state index is 0.0893. The van der Waals surface area contributed by atoms with E-state index in [1.807, 2.05) is 54.6 Å². The van der Waals surface area contributed by atoms with Crippen molar-refractivity contribution in [3.63, 3.8) is 0 Å². The van der Waals surface area contributed by atoms with Crippen LogP contribution < -0.4 is 10.0 Å². The van der Waals surface area contributed by atoms with Gasteiger partial charge in [0.05, 0.1) is 10.4 Å². The molecule has 8 heteroatoms. The molecule has 34 heavy (non-hydrogen) atoms. The monoisotopic (exact) mass is 473 g/mol. The average Bonchev–Trinajstić information content (AvgIpc) is 2.88. The first kappa shape index (κ1) is 24.7. The molecule has 0 radical (unpaired) electrons. The first-order chi connectivity index (χ1) is 16.7. The fraction of sp³-hybridized carbons (Fsp3) is 0.154. The number of allylic oxidation sites excluding steroid dienone is 3. The second-order valence-corrected chi connectivity index (χ2v) is 8.09. The topological polar surface area (TPSA) is 98.2 Å². The number of rotatable bonds is 13. The minimum atomic E-state index is -0.0893. The van der Waals surface area contributed by atoms with Gasteiger partial charge in [0.15, 0.2) is 0 Å². The fourth-order valence-electron chi connectivity index (χ4n) is 3.23. The van der Waals surface area contributed by atoms with Gasteiger partial charge in [-0.15, -0.1) is 0 Å². The van der Waals surface area contributed by atoms with Crippen molar-refractivity contribution in [1.29, 1.82) is 5.41 Å². The van der Waals surface area contributed by atoms with Crippen LogP contribution in [0, 0.1) is 5.41 Å². The van der Waals surface area contributed by atoms with Gasteiger partial charge >= 0.3 is 0 Å². The number of hydrogen-bond donors (Lipinski definition) is 3. The van der Waals surface area contributed by atoms with E-state index in [-0.39, 0.29) is 5.91 Å². The fourth-order valence-corrected chi connectivity index (χ4v) is 4.01. The van der Waals surface area contributed by atoms with E-state index in [1.165, 1.54) is 18.2 Å². The van der Waals surface area contributed by atoms with Crippen LogP contribution in [0.2, 0.25) is 0 Å². The van der Waals surface area contributed by atoms with Crippen molar-refractivity contribution >= 4 is 47.1 Å². The van der Waals surface area contributed by atoms with Crippen LogP contribution in [0.1, 0.15) is 16.8 Å². The average molecular weight is 474 g/mol. The summed E-state index contributed by atoms with van der Waals surface area (Å²) in [5.41, 5.74) is 2.40. The lowest BCUT2D eigenvalue weighted by molar-refractivity contribution is -0.109. The zero-order valence-corrected chi connectivity index (χ0v) is 19.5. The van der Waals surface area contributed by atoms with Gasteiger partial charge in [-0.1, -0.05) is 36.4 Å². The maximum absolute atomic E-state index is 13.1. The third kappa shape index (κ3) is 7.31. The van der Waals surface area contributed by atoms with Crippen LogP contribution in [0.15, 0.2) is 90.0 Å². The first-order valence-electron chi connectivity index (χ1n) is 10.9. The van der Waals surface area contributed by atoms with Crippen LogP contribution in [0.5, 0.6) is 0 Å². The Labute approximate surface area is 203 Å². The van der Waals surface area contributed by atoms with E-state index in [9.17, 15) is 9.59 Å². The molecule has 3 aromatic rings. The summed E-state index contributed by atoms with van der Waals surface area (Å²) in [6.45, 7) is 1.34. The third-order valence-corrected chi connectivity index (χ3v) is 5.81. The number of pyridine rings is 1. The molecule has 1 aromatic heterocycles. The number of nitrogens with one attached hydrogen (secondary N) is 3. The molecular formula is C26H27N5O2S. The number of fused-ring (bicyclic) bond motifs is 1. The summed E-state index contributed by atoms with van der Waals surface area (Å²) >= 11 is 1.48. The molecule has 7 nitrogen and oxygen atoms in total. The van der Waals surface area contributed by atoms with Crippen LogP contribution in [0.4, 0.5) is 5.69 Å². The van der Waals surface area contributed by atoms with E-state index < -0.39 is 0 Å². The molecule has 0 unspecified atom stereocenters. The lowest BCUT2D eigenvalue weighted by atomic mass is 10.1. The first-order valence-corrected chi connectivity index (χ1v) is 11.7. The van der Waals surface area contributed by atoms with Gasteiger partial charge in [0.2, 0.25) is 6.41 Å². The highest BCUT2D eigenvalue weighted by Crippen LogP contribution is 2.27. The SMILES string of the molecule is N=C/C=C\C=C\CCN(CCNC=O)C(=O)c1ccc(NSc2cccc3cccnc23)cc1. The van der Waals surface area contributed by atoms with Crippen molar-refractivity contribution in [3.8, 4) is 0 Å². The van der Waals surface area contributed by atoms with Crippen LogP contribution in [0.25, 0.3) is 10.9 Å². The maximum Gasteiger partial charge on any atom is 0.253 e. The zero-order valence-electron chi connectivity index (χ0n) is 18.7. The van der Waals surface area contributed by atoms with E-state index in [2.05, 4.69) is 15.0 Å². The van der Waals surface area contributed by atoms with Crippen molar-refractivity contribution in [2.75, 3.05) is 24.4 Å². The third-order valence-electron chi connectivity index (χ3n) is 4.92. The highest BCUT2D eigenvalue weighted by atomic mass is 32.2. The molecule has 0 fully saturated rings. The van der Waals surface area contributed by atoms with Gasteiger partial charge < -0.3 is 20.3 Å². The molecule has 3 N–H and O–H groups in total. The molecule has 3 rings (SSSR count). The number of para-hydroxylation sites is 1. The summed E-state index contributed by atoms with van der Waals surface area (Å²) in [5, 5.41) is 10.7. The van der Waals surface area contributed by atoms with Gasteiger partial charge in [-0.25, -0.2) is 0 Å². The largest absolute Gasteiger partial charge is 0.357 e. The molecule has 0 aliphatic heterocycles. The molecule has 0 saturated heterocycles. The predicted octanol–water partition coefficient (Wildman–Crippen LogP) is 4.69. The highest BCUT2D eigenvalue weighted by Gasteiger charge is 2.15. The molecule has 0 atom stereocenters.